The average molecular weight is 753 g/mol. The lowest BCUT2D eigenvalue weighted by Crippen LogP contribution is -2.71. The minimum Gasteiger partial charge on any atom is -0.477 e. The molecule has 4 aromatic rings. The Morgan fingerprint density at radius 1 is 1.02 bits per heavy atom. The number of anilines is 1. The van der Waals surface area contributed by atoms with Gasteiger partial charge in [-0.1, -0.05) is 101 Å². The van der Waals surface area contributed by atoms with Crippen LogP contribution in [-0.4, -0.2) is 81.4 Å². The van der Waals surface area contributed by atoms with Gasteiger partial charge in [-0.05, 0) is 22.2 Å². The van der Waals surface area contributed by atoms with Gasteiger partial charge in [-0.25, -0.2) is 9.78 Å². The van der Waals surface area contributed by atoms with Gasteiger partial charge >= 0.3 is 11.9 Å². The van der Waals surface area contributed by atoms with Crippen LogP contribution in [0.25, 0.3) is 10.4 Å². The van der Waals surface area contributed by atoms with Crippen LogP contribution in [0.15, 0.2) is 118 Å². The number of hydrogen-bond donors (Lipinski definition) is 3. The number of ether oxygens (including phenoxy) is 1. The molecule has 3 aromatic carbocycles. The van der Waals surface area contributed by atoms with E-state index in [2.05, 4.69) is 25.8 Å². The molecule has 0 bridgehead atoms. The third kappa shape index (κ3) is 7.72. The molecular weight excluding hydrogens is 721 g/mol. The first-order valence-electron chi connectivity index (χ1n) is 16.2. The molecule has 270 valence electrons. The molecule has 0 radical (unpaired) electrons. The predicted molar refractivity (Wildman–Crippen MR) is 198 cm³/mol. The number of fused-ring (bicyclic) bond motifs is 1. The number of carboxylic acids is 1. The lowest BCUT2D eigenvalue weighted by molar-refractivity contribution is -0.150. The molecule has 0 saturated carbocycles. The summed E-state index contributed by atoms with van der Waals surface area (Å²) in [6, 6.07) is 28.6. The van der Waals surface area contributed by atoms with Crippen molar-refractivity contribution in [1.82, 2.24) is 15.2 Å². The summed E-state index contributed by atoms with van der Waals surface area (Å²) in [5.74, 6) is -3.24. The summed E-state index contributed by atoms with van der Waals surface area (Å²) < 4.78 is 5.00. The molecule has 15 nitrogen and oxygen atoms in total. The van der Waals surface area contributed by atoms with Gasteiger partial charge in [-0.15, -0.1) is 23.1 Å². The number of thiazole rings is 1. The minimum atomic E-state index is -1.36. The monoisotopic (exact) mass is 752 g/mol. The molecule has 2 amide bonds. The Balaban J connectivity index is 1.31. The van der Waals surface area contributed by atoms with Gasteiger partial charge in [0, 0.05) is 28.5 Å². The van der Waals surface area contributed by atoms with Gasteiger partial charge in [-0.2, -0.15) is 0 Å². The number of nitrogens with one attached hydrogen (secondary N) is 2. The Morgan fingerprint density at radius 2 is 1.62 bits per heavy atom. The first-order chi connectivity index (χ1) is 25.7. The number of carboxylic acid groups (broad SMARTS) is 1. The van der Waals surface area contributed by atoms with E-state index in [-0.39, 0.29) is 48.2 Å². The number of aromatic nitrogens is 1. The number of thioether (sulfide) groups is 1. The zero-order valence-electron chi connectivity index (χ0n) is 28.1. The fourth-order valence-electron chi connectivity index (χ4n) is 6.02. The molecule has 6 rings (SSSR count). The number of carbonyl (C=O) groups excluding carboxylic acids is 3. The van der Waals surface area contributed by atoms with Gasteiger partial charge in [0.05, 0.1) is 6.54 Å². The highest BCUT2D eigenvalue weighted by atomic mass is 32.2. The molecule has 2 atom stereocenters. The van der Waals surface area contributed by atoms with Crippen molar-refractivity contribution >= 4 is 57.7 Å². The molecular formula is C36H32N8O7S2. The Bertz CT molecular complexity index is 2010. The van der Waals surface area contributed by atoms with Crippen LogP contribution in [0.5, 0.6) is 0 Å². The third-order valence-corrected chi connectivity index (χ3v) is 10.5. The van der Waals surface area contributed by atoms with Gasteiger partial charge in [0.2, 0.25) is 0 Å². The van der Waals surface area contributed by atoms with Gasteiger partial charge in [0.15, 0.2) is 10.8 Å². The maximum absolute atomic E-state index is 13.9. The Hall–Kier alpha value is -6.16. The zero-order chi connectivity index (χ0) is 37.4. The molecule has 3 N–H and O–H groups in total. The van der Waals surface area contributed by atoms with E-state index < -0.39 is 40.7 Å². The molecule has 1 saturated heterocycles. The number of β-lactam (4-membered cyclic amide) rings is 1. The number of amides is 2. The summed E-state index contributed by atoms with van der Waals surface area (Å²) in [7, 11) is 0. The van der Waals surface area contributed by atoms with Crippen molar-refractivity contribution in [3.63, 3.8) is 0 Å². The predicted octanol–water partition coefficient (Wildman–Crippen LogP) is 4.88. The quantitative estimate of drug-likeness (QED) is 0.0173. The van der Waals surface area contributed by atoms with Crippen molar-refractivity contribution in [2.24, 2.45) is 10.3 Å². The van der Waals surface area contributed by atoms with Crippen LogP contribution in [0, 0.1) is 0 Å². The highest BCUT2D eigenvalue weighted by Gasteiger charge is 2.54. The highest BCUT2D eigenvalue weighted by Crippen LogP contribution is 2.42. The van der Waals surface area contributed by atoms with Gasteiger partial charge in [-0.3, -0.25) is 19.3 Å². The van der Waals surface area contributed by atoms with Crippen molar-refractivity contribution in [3.8, 4) is 0 Å². The second-order valence-electron chi connectivity index (χ2n) is 11.6. The fourth-order valence-corrected chi connectivity index (χ4v) is 8.09. The van der Waals surface area contributed by atoms with E-state index in [0.717, 1.165) is 21.6 Å². The van der Waals surface area contributed by atoms with Crippen molar-refractivity contribution in [2.75, 3.05) is 30.8 Å². The lowest BCUT2D eigenvalue weighted by Gasteiger charge is -2.49. The summed E-state index contributed by atoms with van der Waals surface area (Å²) >= 11 is 2.45. The first kappa shape index (κ1) is 36.6. The molecule has 17 heteroatoms. The molecule has 2 aliphatic heterocycles. The number of carbonyl (C=O) groups is 4. The molecule has 1 fully saturated rings. The number of esters is 1. The molecule has 2 aliphatic rings. The molecule has 0 aliphatic carbocycles. The van der Waals surface area contributed by atoms with Crippen molar-refractivity contribution in [3.05, 3.63) is 140 Å². The van der Waals surface area contributed by atoms with Gasteiger partial charge in [0.1, 0.15) is 41.6 Å². The molecule has 3 heterocycles. The van der Waals surface area contributed by atoms with Gasteiger partial charge in [0.25, 0.3) is 11.8 Å². The van der Waals surface area contributed by atoms with Crippen LogP contribution in [-0.2, 0) is 34.3 Å². The van der Waals surface area contributed by atoms with Crippen LogP contribution in [0.1, 0.15) is 29.3 Å². The zero-order valence-corrected chi connectivity index (χ0v) is 29.8. The van der Waals surface area contributed by atoms with E-state index in [1.165, 1.54) is 30.0 Å². The number of azide groups is 1. The van der Waals surface area contributed by atoms with Crippen LogP contribution < -0.4 is 10.6 Å². The summed E-state index contributed by atoms with van der Waals surface area (Å²) in [5.41, 5.74) is 10.4. The van der Waals surface area contributed by atoms with Crippen molar-refractivity contribution < 1.29 is 33.9 Å². The van der Waals surface area contributed by atoms with E-state index in [0.29, 0.717) is 5.13 Å². The number of hydrogen-bond acceptors (Lipinski definition) is 12. The second-order valence-corrected chi connectivity index (χ2v) is 13.6. The topological polar surface area (TPSA) is 208 Å². The number of aliphatic carboxylic acids is 1. The fraction of sp³-hybridized carbons (Fsp3) is 0.222. The second kappa shape index (κ2) is 16.5. The van der Waals surface area contributed by atoms with E-state index >= 15 is 0 Å². The maximum Gasteiger partial charge on any atom is 0.352 e. The lowest BCUT2D eigenvalue weighted by atomic mass is 9.77. The van der Waals surface area contributed by atoms with E-state index in [9.17, 15) is 24.3 Å². The minimum absolute atomic E-state index is 0.0543. The third-order valence-electron chi connectivity index (χ3n) is 8.36. The van der Waals surface area contributed by atoms with Crippen molar-refractivity contribution in [2.45, 2.75) is 23.9 Å². The molecule has 0 spiro atoms. The standard InChI is InChI=1S/C36H32N8O7S2/c1-22(45)50-19-23-20-52-33-29(32(47)44(33)30(23)34(48)49)40-31(46)28(42-51-18-17-38-43-37)27-21-53-35(39-27)41-36(24-11-5-2-6-12-24,25-13-7-3-8-14-25)26-15-9-4-10-16-26/h2-16,21,29,33H,17-20H2,1H3,(H,39,41)(H,40,46)(H,48,49)/t29?,33-/m1/s1. The van der Waals surface area contributed by atoms with Crippen LogP contribution in [0.4, 0.5) is 5.13 Å². The number of rotatable bonds is 15. The average Bonchev–Trinajstić information content (AvgIpc) is 3.64. The van der Waals surface area contributed by atoms with Gasteiger partial charge < -0.3 is 25.3 Å². The highest BCUT2D eigenvalue weighted by molar-refractivity contribution is 8.00. The Labute approximate surface area is 311 Å². The normalized spacial score (nSPS) is 16.8. The summed E-state index contributed by atoms with van der Waals surface area (Å²) in [6.07, 6.45) is 0. The number of benzene rings is 3. The summed E-state index contributed by atoms with van der Waals surface area (Å²) in [5, 5.41) is 25.0. The molecule has 1 aromatic heterocycles. The summed E-state index contributed by atoms with van der Waals surface area (Å²) in [4.78, 5) is 64.6. The largest absolute Gasteiger partial charge is 0.477 e. The van der Waals surface area contributed by atoms with Crippen LogP contribution >= 0.6 is 23.1 Å². The smallest absolute Gasteiger partial charge is 0.352 e. The first-order valence-corrected chi connectivity index (χ1v) is 18.1. The van der Waals surface area contributed by atoms with Crippen LogP contribution in [0.3, 0.4) is 0 Å². The maximum atomic E-state index is 13.9. The van der Waals surface area contributed by atoms with Crippen molar-refractivity contribution in [1.29, 1.82) is 0 Å². The molecule has 1 unspecified atom stereocenters. The Morgan fingerprint density at radius 3 is 2.17 bits per heavy atom. The number of nitrogens with zero attached hydrogens (tertiary/aromatic N) is 6. The van der Waals surface area contributed by atoms with E-state index in [4.69, 9.17) is 20.1 Å². The number of oxime groups is 1. The Kier molecular flexibility index (Phi) is 11.4. The van der Waals surface area contributed by atoms with E-state index in [1.54, 1.807) is 5.38 Å². The van der Waals surface area contributed by atoms with E-state index in [1.807, 2.05) is 91.0 Å². The van der Waals surface area contributed by atoms with Crippen LogP contribution in [0.2, 0.25) is 0 Å². The SMILES string of the molecule is CC(=O)OCC1=C(C(=O)O)N2C(=O)C(NC(=O)C(=NOCCN=[N+]=[N-])c3csc(NC(c4ccccc4)(c4ccccc4)c4ccccc4)n3)[C@H]2SC1. The molecule has 53 heavy (non-hydrogen) atoms. The summed E-state index contributed by atoms with van der Waals surface area (Å²) in [6.45, 7) is 0.734.